The number of aromatic nitrogens is 4. The Labute approximate surface area is 123 Å². The van der Waals surface area contributed by atoms with Gasteiger partial charge in [0.1, 0.15) is 19.2 Å². The van der Waals surface area contributed by atoms with Gasteiger partial charge in [0.2, 0.25) is 5.88 Å². The van der Waals surface area contributed by atoms with Crippen LogP contribution in [0.2, 0.25) is 0 Å². The van der Waals surface area contributed by atoms with Gasteiger partial charge in [0.25, 0.3) is 0 Å². The number of imidazole rings is 1. The van der Waals surface area contributed by atoms with E-state index >= 15 is 0 Å². The fourth-order valence-corrected chi connectivity index (χ4v) is 2.82. The van der Waals surface area contributed by atoms with Crippen LogP contribution in [0.4, 0.5) is 0 Å². The van der Waals surface area contributed by atoms with Crippen molar-refractivity contribution in [3.05, 3.63) is 25.3 Å². The zero-order valence-electron chi connectivity index (χ0n) is 12.4. The lowest BCUT2D eigenvalue weighted by Crippen LogP contribution is -2.12. The first kappa shape index (κ1) is 14.0. The Morgan fingerprint density at radius 2 is 2.33 bits per heavy atom. The largest absolute Gasteiger partial charge is 0.472 e. The molecule has 1 aliphatic rings. The van der Waals surface area contributed by atoms with Crippen LogP contribution >= 0.6 is 0 Å². The first-order valence-corrected chi connectivity index (χ1v) is 7.31. The number of rotatable bonds is 5. The van der Waals surface area contributed by atoms with E-state index in [-0.39, 0.29) is 6.23 Å². The lowest BCUT2D eigenvalue weighted by Gasteiger charge is -2.14. The van der Waals surface area contributed by atoms with Gasteiger partial charge in [-0.1, -0.05) is 26.5 Å². The summed E-state index contributed by atoms with van der Waals surface area (Å²) in [6, 6.07) is 0. The van der Waals surface area contributed by atoms with Gasteiger partial charge in [0.15, 0.2) is 11.2 Å². The second kappa shape index (κ2) is 5.81. The van der Waals surface area contributed by atoms with Crippen LogP contribution in [-0.4, -0.2) is 32.2 Å². The summed E-state index contributed by atoms with van der Waals surface area (Å²) in [7, 11) is 0. The van der Waals surface area contributed by atoms with E-state index in [0.29, 0.717) is 30.0 Å². The molecule has 2 aromatic heterocycles. The molecular weight excluding hydrogens is 268 g/mol. The van der Waals surface area contributed by atoms with Crippen LogP contribution < -0.4 is 4.74 Å². The van der Waals surface area contributed by atoms with Crippen molar-refractivity contribution in [1.29, 1.82) is 0 Å². The van der Waals surface area contributed by atoms with Crippen molar-refractivity contribution in [3.8, 4) is 5.88 Å². The fourth-order valence-electron chi connectivity index (χ4n) is 2.82. The second-order valence-corrected chi connectivity index (χ2v) is 5.35. The van der Waals surface area contributed by atoms with Gasteiger partial charge < -0.3 is 9.47 Å². The van der Waals surface area contributed by atoms with Crippen molar-refractivity contribution in [2.24, 2.45) is 5.92 Å². The molecule has 0 amide bonds. The normalized spacial score (nSPS) is 25.3. The van der Waals surface area contributed by atoms with E-state index in [2.05, 4.69) is 35.4 Å². The highest BCUT2D eigenvalue weighted by Gasteiger charge is 2.33. The molecule has 1 fully saturated rings. The van der Waals surface area contributed by atoms with Gasteiger partial charge in [-0.05, 0) is 18.8 Å². The number of hydrogen-bond acceptors (Lipinski definition) is 5. The Bertz CT molecular complexity index is 640. The predicted octanol–water partition coefficient (Wildman–Crippen LogP) is 2.72. The van der Waals surface area contributed by atoms with Gasteiger partial charge in [-0.3, -0.25) is 4.57 Å². The van der Waals surface area contributed by atoms with E-state index in [9.17, 15) is 0 Å². The Balaban J connectivity index is 1.92. The highest BCUT2D eigenvalue weighted by molar-refractivity contribution is 5.76. The van der Waals surface area contributed by atoms with Crippen LogP contribution in [0.25, 0.3) is 11.2 Å². The summed E-state index contributed by atoms with van der Waals surface area (Å²) < 4.78 is 13.6. The number of hydrogen-bond donors (Lipinski definition) is 0. The molecule has 0 spiro atoms. The maximum absolute atomic E-state index is 6.10. The molecule has 0 N–H and O–H groups in total. The van der Waals surface area contributed by atoms with Gasteiger partial charge in [-0.15, -0.1) is 0 Å². The van der Waals surface area contributed by atoms with E-state index in [4.69, 9.17) is 9.47 Å². The average molecular weight is 288 g/mol. The minimum Gasteiger partial charge on any atom is -0.472 e. The number of nitrogens with zero attached hydrogens (tertiary/aromatic N) is 4. The zero-order valence-corrected chi connectivity index (χ0v) is 12.4. The average Bonchev–Trinajstić information content (AvgIpc) is 3.08. The second-order valence-electron chi connectivity index (χ2n) is 5.35. The Morgan fingerprint density at radius 3 is 3.05 bits per heavy atom. The van der Waals surface area contributed by atoms with Crippen molar-refractivity contribution in [1.82, 2.24) is 19.5 Å². The molecule has 2 aromatic rings. The predicted molar refractivity (Wildman–Crippen MR) is 79.0 cm³/mol. The van der Waals surface area contributed by atoms with Crippen LogP contribution in [0, 0.1) is 5.92 Å². The lowest BCUT2D eigenvalue weighted by atomic mass is 10.0. The first-order chi connectivity index (χ1) is 10.2. The van der Waals surface area contributed by atoms with Crippen molar-refractivity contribution in [2.45, 2.75) is 39.0 Å². The summed E-state index contributed by atoms with van der Waals surface area (Å²) in [5.74, 6) is 1.02. The van der Waals surface area contributed by atoms with Gasteiger partial charge in [0, 0.05) is 0 Å². The van der Waals surface area contributed by atoms with Gasteiger partial charge in [0.05, 0.1) is 12.4 Å². The van der Waals surface area contributed by atoms with Crippen molar-refractivity contribution < 1.29 is 9.47 Å². The summed E-state index contributed by atoms with van der Waals surface area (Å²) in [6.45, 7) is 8.41. The van der Waals surface area contributed by atoms with Gasteiger partial charge in [-0.25, -0.2) is 9.97 Å². The minimum absolute atomic E-state index is 0.0166. The van der Waals surface area contributed by atoms with E-state index in [1.54, 1.807) is 12.4 Å². The Kier molecular flexibility index (Phi) is 3.88. The molecule has 0 aliphatic carbocycles. The molecule has 0 bridgehead atoms. The molecule has 0 radical (unpaired) electrons. The quantitative estimate of drug-likeness (QED) is 0.792. The maximum atomic E-state index is 6.10. The van der Waals surface area contributed by atoms with Crippen molar-refractivity contribution in [2.75, 3.05) is 6.61 Å². The third kappa shape index (κ3) is 2.51. The summed E-state index contributed by atoms with van der Waals surface area (Å²) in [5, 5.41) is 0. The molecule has 0 unspecified atom stereocenters. The maximum Gasteiger partial charge on any atom is 0.245 e. The number of fused-ring (bicyclic) bond motifs is 1. The Hall–Kier alpha value is -1.95. The highest BCUT2D eigenvalue weighted by atomic mass is 16.5. The molecule has 112 valence electrons. The van der Waals surface area contributed by atoms with Crippen molar-refractivity contribution in [3.63, 3.8) is 0 Å². The molecule has 21 heavy (non-hydrogen) atoms. The monoisotopic (exact) mass is 288 g/mol. The summed E-state index contributed by atoms with van der Waals surface area (Å²) in [5.41, 5.74) is 1.41. The topological polar surface area (TPSA) is 62.1 Å². The van der Waals surface area contributed by atoms with Crippen molar-refractivity contribution >= 4 is 11.2 Å². The number of ether oxygens (including phenoxy) is 2. The van der Waals surface area contributed by atoms with Crippen LogP contribution in [-0.2, 0) is 4.74 Å². The van der Waals surface area contributed by atoms with Crippen LogP contribution in [0.5, 0.6) is 5.88 Å². The molecule has 3 atom stereocenters. The van der Waals surface area contributed by atoms with Gasteiger partial charge in [-0.2, -0.15) is 4.98 Å². The molecule has 3 rings (SSSR count). The smallest absolute Gasteiger partial charge is 0.245 e. The zero-order chi connectivity index (χ0) is 14.8. The molecule has 6 heteroatoms. The lowest BCUT2D eigenvalue weighted by molar-refractivity contribution is -0.00304. The summed E-state index contributed by atoms with van der Waals surface area (Å²) >= 11 is 0. The molecule has 0 aromatic carbocycles. The van der Waals surface area contributed by atoms with Crippen LogP contribution in [0.3, 0.4) is 0 Å². The summed E-state index contributed by atoms with van der Waals surface area (Å²) in [4.78, 5) is 12.9. The van der Waals surface area contributed by atoms with Gasteiger partial charge >= 0.3 is 0 Å². The standard InChI is InChI=1S/C15H20N4O2/c1-4-6-20-15-13-14(16-8-17-15)19(9-18-13)12-7-10(3)11(5-2)21-12/h4,8-12H,1,5-7H2,2-3H3/t10-,11-,12-/m1/s1. The molecule has 1 aliphatic heterocycles. The molecular formula is C15H20N4O2. The molecule has 1 saturated heterocycles. The first-order valence-electron chi connectivity index (χ1n) is 7.31. The molecule has 3 heterocycles. The van der Waals surface area contributed by atoms with E-state index in [0.717, 1.165) is 18.5 Å². The third-order valence-electron chi connectivity index (χ3n) is 3.92. The SMILES string of the molecule is C=CCOc1ncnc2c1ncn2[C@H]1C[C@@H](C)[C@@H](CC)O1. The van der Waals surface area contributed by atoms with E-state index in [1.165, 1.54) is 6.33 Å². The van der Waals surface area contributed by atoms with Crippen LogP contribution in [0.1, 0.15) is 32.9 Å². The third-order valence-corrected chi connectivity index (χ3v) is 3.92. The van der Waals surface area contributed by atoms with E-state index in [1.807, 2.05) is 4.57 Å². The molecule has 0 saturated carbocycles. The molecule has 6 nitrogen and oxygen atoms in total. The fraction of sp³-hybridized carbons (Fsp3) is 0.533. The summed E-state index contributed by atoms with van der Waals surface area (Å²) in [6.07, 6.45) is 7.20. The van der Waals surface area contributed by atoms with Crippen LogP contribution in [0.15, 0.2) is 25.3 Å². The highest BCUT2D eigenvalue weighted by Crippen LogP contribution is 2.36. The minimum atomic E-state index is -0.0166. The van der Waals surface area contributed by atoms with E-state index < -0.39 is 0 Å². The Morgan fingerprint density at radius 1 is 1.48 bits per heavy atom.